The molecule has 1 atom stereocenters. The number of benzene rings is 1. The number of rotatable bonds is 10. The van der Waals surface area contributed by atoms with E-state index in [2.05, 4.69) is 15.3 Å². The first-order valence-corrected chi connectivity index (χ1v) is 14.5. The van der Waals surface area contributed by atoms with Gasteiger partial charge in [0.2, 0.25) is 5.91 Å². The average Bonchev–Trinajstić information content (AvgIpc) is 2.92. The van der Waals surface area contributed by atoms with E-state index in [1.165, 1.54) is 15.9 Å². The number of ether oxygens (including phenoxy) is 1. The van der Waals surface area contributed by atoms with E-state index in [-0.39, 0.29) is 37.7 Å². The number of piperazine rings is 1. The Morgan fingerprint density at radius 1 is 1.08 bits per heavy atom. The van der Waals surface area contributed by atoms with Crippen LogP contribution in [0.15, 0.2) is 36.4 Å². The molecule has 0 spiro atoms. The number of anilines is 1. The Kier molecular flexibility index (Phi) is 10.4. The van der Waals surface area contributed by atoms with Crippen molar-refractivity contribution in [2.24, 2.45) is 0 Å². The van der Waals surface area contributed by atoms with Gasteiger partial charge in [-0.3, -0.25) is 14.2 Å². The summed E-state index contributed by atoms with van der Waals surface area (Å²) in [5, 5.41) is 2.46. The zero-order valence-corrected chi connectivity index (χ0v) is 23.2. The fraction of sp³-hybridized carbons (Fsp3) is 0.480. The summed E-state index contributed by atoms with van der Waals surface area (Å²) in [5.74, 6) is -0.709. The Morgan fingerprint density at radius 3 is 2.31 bits per heavy atom. The van der Waals surface area contributed by atoms with Crippen molar-refractivity contribution in [3.8, 4) is 11.4 Å². The topological polar surface area (TPSA) is 166 Å². The lowest BCUT2D eigenvalue weighted by Crippen LogP contribution is -2.56. The van der Waals surface area contributed by atoms with Gasteiger partial charge in [0.05, 0.1) is 12.8 Å². The summed E-state index contributed by atoms with van der Waals surface area (Å²) in [6.07, 6.45) is 0.295. The third kappa shape index (κ3) is 8.74. The maximum atomic E-state index is 13.3. The number of hydrogen-bond acceptors (Lipinski definition) is 8. The van der Waals surface area contributed by atoms with Crippen LogP contribution in [0.3, 0.4) is 0 Å². The van der Waals surface area contributed by atoms with Gasteiger partial charge in [-0.1, -0.05) is 43.7 Å². The van der Waals surface area contributed by atoms with E-state index >= 15 is 0 Å². The zero-order valence-electron chi connectivity index (χ0n) is 22.3. The highest BCUT2D eigenvalue weighted by Gasteiger charge is 2.35. The van der Waals surface area contributed by atoms with Crippen LogP contribution in [-0.2, 0) is 14.1 Å². The highest BCUT2D eigenvalue weighted by molar-refractivity contribution is 7.51. The molecule has 13 nitrogen and oxygen atoms in total. The van der Waals surface area contributed by atoms with Crippen LogP contribution in [0.25, 0.3) is 11.4 Å². The second-order valence-corrected chi connectivity index (χ2v) is 11.0. The van der Waals surface area contributed by atoms with Crippen LogP contribution in [0, 0.1) is 0 Å². The third-order valence-electron chi connectivity index (χ3n) is 6.03. The molecule has 39 heavy (non-hydrogen) atoms. The maximum absolute atomic E-state index is 13.3. The lowest BCUT2D eigenvalue weighted by atomic mass is 10.2. The van der Waals surface area contributed by atoms with Crippen LogP contribution in [0.1, 0.15) is 30.3 Å². The Hall–Kier alpha value is -3.54. The molecular weight excluding hydrogens is 527 g/mol. The molecular formula is C25H35N6O7P. The number of nitrogens with one attached hydrogen (secondary N) is 1. The highest BCUT2D eigenvalue weighted by atomic mass is 31.2. The summed E-state index contributed by atoms with van der Waals surface area (Å²) in [6.45, 7) is 2.96. The van der Waals surface area contributed by atoms with Crippen molar-refractivity contribution in [2.45, 2.75) is 25.8 Å². The number of nitrogens with zero attached hydrogens (tertiary/aromatic N) is 5. The van der Waals surface area contributed by atoms with E-state index in [4.69, 9.17) is 4.74 Å². The number of carbonyl (C=O) groups is 3. The Labute approximate surface area is 227 Å². The van der Waals surface area contributed by atoms with Crippen molar-refractivity contribution in [2.75, 3.05) is 57.9 Å². The van der Waals surface area contributed by atoms with Crippen molar-refractivity contribution < 1.29 is 33.5 Å². The summed E-state index contributed by atoms with van der Waals surface area (Å²) in [4.78, 5) is 71.3. The van der Waals surface area contributed by atoms with Crippen LogP contribution in [-0.4, -0.2) is 107 Å². The van der Waals surface area contributed by atoms with Crippen LogP contribution >= 0.6 is 7.60 Å². The predicted molar refractivity (Wildman–Crippen MR) is 144 cm³/mol. The lowest BCUT2D eigenvalue weighted by molar-refractivity contribution is -0.134. The van der Waals surface area contributed by atoms with Crippen molar-refractivity contribution in [1.82, 2.24) is 25.1 Å². The smallest absolute Gasteiger partial charge is 0.409 e. The summed E-state index contributed by atoms with van der Waals surface area (Å²) < 4.78 is 17.1. The molecule has 1 saturated heterocycles. The largest absolute Gasteiger partial charge is 0.449 e. The lowest BCUT2D eigenvalue weighted by Gasteiger charge is -2.36. The van der Waals surface area contributed by atoms with Gasteiger partial charge in [-0.05, 0) is 6.42 Å². The molecule has 3 N–H and O–H groups in total. The molecule has 1 aromatic carbocycles. The summed E-state index contributed by atoms with van der Waals surface area (Å²) in [7, 11) is -1.19. The zero-order chi connectivity index (χ0) is 28.6. The van der Waals surface area contributed by atoms with Gasteiger partial charge in [-0.25, -0.2) is 14.8 Å². The molecule has 0 saturated carbocycles. The first kappa shape index (κ1) is 30.0. The van der Waals surface area contributed by atoms with Gasteiger partial charge in [0.25, 0.3) is 5.91 Å². The van der Waals surface area contributed by atoms with Gasteiger partial charge in [0.1, 0.15) is 17.6 Å². The van der Waals surface area contributed by atoms with Crippen LogP contribution in [0.2, 0.25) is 0 Å². The minimum absolute atomic E-state index is 0.0595. The van der Waals surface area contributed by atoms with Crippen LogP contribution in [0.5, 0.6) is 0 Å². The maximum Gasteiger partial charge on any atom is 0.409 e. The van der Waals surface area contributed by atoms with Gasteiger partial charge in [-0.15, -0.1) is 0 Å². The van der Waals surface area contributed by atoms with Gasteiger partial charge >= 0.3 is 13.7 Å². The monoisotopic (exact) mass is 562 g/mol. The summed E-state index contributed by atoms with van der Waals surface area (Å²) in [5.41, 5.74) is 0.611. The van der Waals surface area contributed by atoms with E-state index in [1.807, 2.05) is 13.0 Å². The number of unbranched alkanes of at least 4 members (excludes halogenated alkanes) is 1. The van der Waals surface area contributed by atoms with E-state index in [0.717, 1.165) is 12.8 Å². The van der Waals surface area contributed by atoms with Gasteiger partial charge in [0.15, 0.2) is 5.82 Å². The first-order valence-electron chi connectivity index (χ1n) is 12.7. The molecule has 2 aromatic rings. The minimum Gasteiger partial charge on any atom is -0.449 e. The van der Waals surface area contributed by atoms with Gasteiger partial charge < -0.3 is 34.5 Å². The molecule has 1 aliphatic rings. The van der Waals surface area contributed by atoms with E-state index in [1.54, 1.807) is 43.3 Å². The number of amides is 3. The van der Waals surface area contributed by atoms with E-state index in [0.29, 0.717) is 18.0 Å². The molecule has 14 heteroatoms. The van der Waals surface area contributed by atoms with Crippen molar-refractivity contribution in [3.05, 3.63) is 42.1 Å². The minimum atomic E-state index is -4.69. The molecule has 0 bridgehead atoms. The quantitative estimate of drug-likeness (QED) is 0.286. The molecule has 3 rings (SSSR count). The fourth-order valence-corrected chi connectivity index (χ4v) is 4.60. The number of hydrogen-bond donors (Lipinski definition) is 3. The SMILES string of the molecule is CCCCOC(=O)N1CCN(C(=O)C(CP(=O)(O)O)NC(=O)c2cc(N(C)C)nc(-c3ccccc3)n2)CC1. The predicted octanol–water partition coefficient (Wildman–Crippen LogP) is 1.57. The summed E-state index contributed by atoms with van der Waals surface area (Å²) in [6, 6.07) is 8.95. The van der Waals surface area contributed by atoms with Crippen molar-refractivity contribution in [3.63, 3.8) is 0 Å². The third-order valence-corrected chi connectivity index (χ3v) is 6.87. The van der Waals surface area contributed by atoms with Gasteiger partial charge in [0, 0.05) is 51.9 Å². The second-order valence-electron chi connectivity index (χ2n) is 9.35. The van der Waals surface area contributed by atoms with Crippen LogP contribution < -0.4 is 10.2 Å². The molecule has 0 aliphatic carbocycles. The molecule has 1 aliphatic heterocycles. The summed E-state index contributed by atoms with van der Waals surface area (Å²) >= 11 is 0. The van der Waals surface area contributed by atoms with E-state index < -0.39 is 37.7 Å². The Bertz CT molecular complexity index is 1200. The molecule has 2 heterocycles. The molecule has 1 aromatic heterocycles. The van der Waals surface area contributed by atoms with Gasteiger partial charge in [-0.2, -0.15) is 0 Å². The Morgan fingerprint density at radius 2 is 1.72 bits per heavy atom. The van der Waals surface area contributed by atoms with Crippen molar-refractivity contribution >= 4 is 31.3 Å². The normalized spacial score (nSPS) is 14.5. The first-order chi connectivity index (χ1) is 18.5. The standard InChI is InChI=1S/C25H35N6O7P/c1-4-5-15-38-25(34)31-13-11-30(12-14-31)24(33)20(17-39(35,36)37)27-23(32)19-16-21(29(2)3)28-22(26-19)18-9-7-6-8-10-18/h6-10,16,20H,4-5,11-15,17H2,1-3H3,(H,27,32)(H2,35,36,37). The second kappa shape index (κ2) is 13.5. The van der Waals surface area contributed by atoms with Crippen LogP contribution in [0.4, 0.5) is 10.6 Å². The highest BCUT2D eigenvalue weighted by Crippen LogP contribution is 2.35. The van der Waals surface area contributed by atoms with Crippen molar-refractivity contribution in [1.29, 1.82) is 0 Å². The molecule has 212 valence electrons. The molecule has 1 fully saturated rings. The molecule has 3 amide bonds. The fourth-order valence-electron chi connectivity index (χ4n) is 3.88. The molecule has 0 radical (unpaired) electrons. The number of aromatic nitrogens is 2. The molecule has 1 unspecified atom stereocenters. The van der Waals surface area contributed by atoms with E-state index in [9.17, 15) is 28.7 Å². The number of carbonyl (C=O) groups excluding carboxylic acids is 3. The average molecular weight is 563 g/mol. The Balaban J connectivity index is 1.76.